The maximum Gasteiger partial charge on any atom is 0.226 e. The van der Waals surface area contributed by atoms with E-state index in [9.17, 15) is 18.8 Å². The first kappa shape index (κ1) is 38.8. The highest BCUT2D eigenvalue weighted by Crippen LogP contribution is 2.27. The van der Waals surface area contributed by atoms with E-state index in [0.717, 1.165) is 22.2 Å². The van der Waals surface area contributed by atoms with Gasteiger partial charge in [-0.25, -0.2) is 9.40 Å². The monoisotopic (exact) mass is 663 g/mol. The number of aryl methyl sites for hydroxylation is 1. The van der Waals surface area contributed by atoms with Gasteiger partial charge in [-0.3, -0.25) is 19.5 Å². The van der Waals surface area contributed by atoms with Crippen LogP contribution in [-0.2, 0) is 27.5 Å². The van der Waals surface area contributed by atoms with Gasteiger partial charge in [0.15, 0.2) is 0 Å². The number of phenolic OH excluding ortho intramolecular Hbond substituents is 1. The smallest absolute Gasteiger partial charge is 0.226 e. The number of nitrogens with zero attached hydrogens (tertiary/aromatic N) is 4. The van der Waals surface area contributed by atoms with Crippen molar-refractivity contribution in [3.63, 3.8) is 0 Å². The number of carbonyl (C=O) groups is 3. The third-order valence-corrected chi connectivity index (χ3v) is 8.05. The average molecular weight is 664 g/mol. The van der Waals surface area contributed by atoms with Gasteiger partial charge in [0.2, 0.25) is 12.8 Å². The molecule has 0 aliphatic carbocycles. The molecule has 47 heavy (non-hydrogen) atoms. The third kappa shape index (κ3) is 13.1. The van der Waals surface area contributed by atoms with Crippen molar-refractivity contribution in [2.75, 3.05) is 40.3 Å². The Labute approximate surface area is 281 Å². The fourth-order valence-corrected chi connectivity index (χ4v) is 5.61. The lowest BCUT2D eigenvalue weighted by molar-refractivity contribution is -0.157. The number of fused-ring (bicyclic) bond motifs is 1. The Morgan fingerprint density at radius 2 is 1.70 bits per heavy atom. The Kier molecular flexibility index (Phi) is 17.6. The van der Waals surface area contributed by atoms with Crippen molar-refractivity contribution in [2.24, 2.45) is 0 Å². The molecule has 1 unspecified atom stereocenters. The largest absolute Gasteiger partial charge is 0.508 e. The number of hydrogen-bond acceptors (Lipinski definition) is 8. The van der Waals surface area contributed by atoms with Crippen LogP contribution >= 0.6 is 11.3 Å². The number of aldehydes is 1. The first-order valence-corrected chi connectivity index (χ1v) is 16.1. The van der Waals surface area contributed by atoms with Crippen LogP contribution < -0.4 is 5.32 Å². The number of hydrogen-bond donors (Lipinski definition) is 2. The zero-order valence-electron chi connectivity index (χ0n) is 27.6. The topological polar surface area (TPSA) is 96.4 Å². The standard InChI is InChI=1S/C21H27FN4O3S.C8H11N.C7H8O/c1-4-8-25(5-2)26(16-29)21(24(15-28)9-10-27)13-23(3)12-17-14-30-20-7-6-18(22)11-19(17)20;1-9-7-8-5-3-2-4-6-8;1-6-2-4-7(8)5-3-6/h4,6-7,10-11,14-16,21H,1,5,8-9,12-13H2,2-3H3;2-6,9H,7H2,1H3;2-5,8H,1H3. The quantitative estimate of drug-likeness (QED) is 0.0713. The van der Waals surface area contributed by atoms with Crippen molar-refractivity contribution in [3.05, 3.63) is 113 Å². The van der Waals surface area contributed by atoms with E-state index in [1.807, 2.05) is 68.6 Å². The van der Waals surface area contributed by atoms with Gasteiger partial charge in [0.05, 0.1) is 6.54 Å². The molecule has 9 nitrogen and oxygen atoms in total. The highest BCUT2D eigenvalue weighted by molar-refractivity contribution is 7.17. The molecule has 0 bridgehead atoms. The number of nitrogens with one attached hydrogen (secondary N) is 1. The summed E-state index contributed by atoms with van der Waals surface area (Å²) >= 11 is 1.54. The van der Waals surface area contributed by atoms with E-state index in [0.29, 0.717) is 51.0 Å². The lowest BCUT2D eigenvalue weighted by Crippen LogP contribution is -2.59. The van der Waals surface area contributed by atoms with Crippen molar-refractivity contribution in [3.8, 4) is 5.75 Å². The van der Waals surface area contributed by atoms with E-state index in [1.54, 1.807) is 29.3 Å². The van der Waals surface area contributed by atoms with E-state index in [4.69, 9.17) is 5.11 Å². The molecule has 4 aromatic rings. The van der Waals surface area contributed by atoms with Crippen LogP contribution in [0.4, 0.5) is 4.39 Å². The van der Waals surface area contributed by atoms with Crippen molar-refractivity contribution < 1.29 is 23.9 Å². The summed E-state index contributed by atoms with van der Waals surface area (Å²) in [5.41, 5.74) is 3.46. The normalized spacial score (nSPS) is 11.1. The Hall–Kier alpha value is -4.42. The number of halogens is 1. The van der Waals surface area contributed by atoms with Crippen molar-refractivity contribution >= 4 is 40.5 Å². The summed E-state index contributed by atoms with van der Waals surface area (Å²) in [5.74, 6) is 0.0338. The molecule has 0 saturated heterocycles. The number of hydrazine groups is 1. The van der Waals surface area contributed by atoms with Gasteiger partial charge in [-0.2, -0.15) is 0 Å². The number of phenols is 1. The van der Waals surface area contributed by atoms with Crippen LogP contribution in [0.15, 0.2) is 90.8 Å². The highest BCUT2D eigenvalue weighted by Gasteiger charge is 2.28. The minimum atomic E-state index is -0.684. The van der Waals surface area contributed by atoms with Gasteiger partial charge in [-0.15, -0.1) is 17.9 Å². The number of benzene rings is 3. The molecule has 11 heteroatoms. The molecule has 0 saturated carbocycles. The Balaban J connectivity index is 0.000000362. The Bertz CT molecular complexity index is 1480. The van der Waals surface area contributed by atoms with E-state index in [2.05, 4.69) is 24.0 Å². The van der Waals surface area contributed by atoms with Crippen LogP contribution in [0.2, 0.25) is 0 Å². The minimum absolute atomic E-state index is 0.134. The molecule has 1 aromatic heterocycles. The van der Waals surface area contributed by atoms with Gasteiger partial charge in [-0.05, 0) is 73.2 Å². The summed E-state index contributed by atoms with van der Waals surface area (Å²) in [6.07, 6.45) is 2.83. The first-order valence-electron chi connectivity index (χ1n) is 15.2. The van der Waals surface area contributed by atoms with E-state index in [1.165, 1.54) is 44.5 Å². The first-order chi connectivity index (χ1) is 22.7. The van der Waals surface area contributed by atoms with Crippen LogP contribution in [-0.4, -0.2) is 90.5 Å². The molecule has 3 aromatic carbocycles. The van der Waals surface area contributed by atoms with Gasteiger partial charge >= 0.3 is 0 Å². The number of rotatable bonds is 16. The molecule has 252 valence electrons. The molecule has 4 rings (SSSR count). The SMILES string of the molecule is C=CCN(CC)N(C=O)C(CN(C)Cc1csc2ccc(F)cc12)N(C=O)CC=O.CNCc1ccccc1.Cc1ccc(O)cc1. The molecule has 2 amide bonds. The summed E-state index contributed by atoms with van der Waals surface area (Å²) in [5, 5.41) is 17.8. The fourth-order valence-electron chi connectivity index (χ4n) is 4.68. The zero-order valence-corrected chi connectivity index (χ0v) is 28.4. The second kappa shape index (κ2) is 21.4. The summed E-state index contributed by atoms with van der Waals surface area (Å²) < 4.78 is 14.7. The molecule has 0 aliphatic rings. The Morgan fingerprint density at radius 3 is 2.26 bits per heavy atom. The summed E-state index contributed by atoms with van der Waals surface area (Å²) in [7, 11) is 3.81. The lowest BCUT2D eigenvalue weighted by atomic mass is 10.1. The molecule has 0 spiro atoms. The fraction of sp³-hybridized carbons (Fsp3) is 0.306. The highest BCUT2D eigenvalue weighted by atomic mass is 32.1. The Morgan fingerprint density at radius 1 is 1.00 bits per heavy atom. The number of amides is 2. The third-order valence-electron chi connectivity index (χ3n) is 7.04. The van der Waals surface area contributed by atoms with E-state index >= 15 is 0 Å². The zero-order chi connectivity index (χ0) is 34.6. The maximum absolute atomic E-state index is 13.7. The van der Waals surface area contributed by atoms with Crippen LogP contribution in [0.3, 0.4) is 0 Å². The number of carbonyl (C=O) groups excluding carboxylic acids is 3. The molecule has 0 radical (unpaired) electrons. The summed E-state index contributed by atoms with van der Waals surface area (Å²) in [6, 6.07) is 22.1. The maximum atomic E-state index is 13.7. The minimum Gasteiger partial charge on any atom is -0.508 e. The summed E-state index contributed by atoms with van der Waals surface area (Å²) in [6.45, 7) is 10.1. The number of thiophene rings is 1. The molecule has 0 aliphatic heterocycles. The van der Waals surface area contributed by atoms with Gasteiger partial charge in [0.1, 0.15) is 24.0 Å². The lowest BCUT2D eigenvalue weighted by Gasteiger charge is -2.42. The van der Waals surface area contributed by atoms with Crippen LogP contribution in [0.5, 0.6) is 5.75 Å². The van der Waals surface area contributed by atoms with Gasteiger partial charge in [-0.1, -0.05) is 61.0 Å². The van der Waals surface area contributed by atoms with Crippen LogP contribution in [0.25, 0.3) is 10.1 Å². The van der Waals surface area contributed by atoms with E-state index in [-0.39, 0.29) is 12.4 Å². The van der Waals surface area contributed by atoms with Crippen LogP contribution in [0, 0.1) is 12.7 Å². The van der Waals surface area contributed by atoms with Gasteiger partial charge in [0.25, 0.3) is 0 Å². The number of aromatic hydroxyl groups is 1. The predicted octanol–water partition coefficient (Wildman–Crippen LogP) is 5.44. The molecule has 0 fully saturated rings. The molecule has 1 heterocycles. The van der Waals surface area contributed by atoms with Crippen LogP contribution in [0.1, 0.15) is 23.6 Å². The second-order valence-corrected chi connectivity index (χ2v) is 11.6. The van der Waals surface area contributed by atoms with Gasteiger partial charge < -0.3 is 20.1 Å². The molecule has 1 atom stereocenters. The second-order valence-electron chi connectivity index (χ2n) is 10.7. The molecule has 2 N–H and O–H groups in total. The predicted molar refractivity (Wildman–Crippen MR) is 188 cm³/mol. The van der Waals surface area contributed by atoms with Gasteiger partial charge in [0, 0.05) is 37.4 Å². The molecular formula is C36H46FN5O4S. The average Bonchev–Trinajstić information content (AvgIpc) is 3.46. The molecular weight excluding hydrogens is 617 g/mol. The van der Waals surface area contributed by atoms with Crippen molar-refractivity contribution in [1.29, 1.82) is 0 Å². The van der Waals surface area contributed by atoms with E-state index < -0.39 is 6.17 Å². The van der Waals surface area contributed by atoms with Crippen molar-refractivity contribution in [1.82, 2.24) is 25.1 Å². The summed E-state index contributed by atoms with van der Waals surface area (Å²) in [4.78, 5) is 37.9. The number of likely N-dealkylation sites (N-methyl/N-ethyl adjacent to an activating group) is 2. The van der Waals surface area contributed by atoms with Crippen molar-refractivity contribution in [2.45, 2.75) is 33.1 Å².